The summed E-state index contributed by atoms with van der Waals surface area (Å²) in [4.78, 5) is 12.8. The van der Waals surface area contributed by atoms with E-state index in [4.69, 9.17) is 9.47 Å². The van der Waals surface area contributed by atoms with Crippen LogP contribution in [0.4, 0.5) is 5.69 Å². The van der Waals surface area contributed by atoms with Crippen LogP contribution in [-0.2, 0) is 14.8 Å². The van der Waals surface area contributed by atoms with Gasteiger partial charge in [0.2, 0.25) is 15.9 Å². The molecule has 0 aliphatic carbocycles. The second-order valence-corrected chi connectivity index (χ2v) is 9.34. The number of hydrogen-bond donors (Lipinski definition) is 1. The van der Waals surface area contributed by atoms with Crippen LogP contribution in [0, 0.1) is 13.8 Å². The van der Waals surface area contributed by atoms with Gasteiger partial charge in [0.1, 0.15) is 24.1 Å². The van der Waals surface area contributed by atoms with Crippen molar-refractivity contribution >= 4 is 21.6 Å². The minimum atomic E-state index is -3.66. The molecule has 2 aromatic carbocycles. The summed E-state index contributed by atoms with van der Waals surface area (Å²) in [7, 11) is -2.07. The molecule has 0 fully saturated rings. The Bertz CT molecular complexity index is 953. The zero-order valence-electron chi connectivity index (χ0n) is 18.3. The van der Waals surface area contributed by atoms with Crippen LogP contribution in [0.5, 0.6) is 11.5 Å². The van der Waals surface area contributed by atoms with Crippen molar-refractivity contribution in [1.29, 1.82) is 0 Å². The van der Waals surface area contributed by atoms with Gasteiger partial charge in [-0.25, -0.2) is 8.42 Å². The van der Waals surface area contributed by atoms with Crippen molar-refractivity contribution in [3.63, 3.8) is 0 Å². The van der Waals surface area contributed by atoms with Crippen molar-refractivity contribution in [3.8, 4) is 11.5 Å². The monoisotopic (exact) mass is 434 g/mol. The number of carbonyl (C=O) groups is 1. The number of anilines is 1. The molecule has 0 aliphatic heterocycles. The average Bonchev–Trinajstić information content (AvgIpc) is 2.65. The Morgan fingerprint density at radius 1 is 1.03 bits per heavy atom. The van der Waals surface area contributed by atoms with Gasteiger partial charge in [0.05, 0.1) is 25.1 Å². The Hall–Kier alpha value is -2.74. The molecule has 2 rings (SSSR count). The second kappa shape index (κ2) is 9.84. The molecule has 1 N–H and O–H groups in total. The van der Waals surface area contributed by atoms with Crippen LogP contribution in [0.3, 0.4) is 0 Å². The molecule has 0 spiro atoms. The van der Waals surface area contributed by atoms with Crippen molar-refractivity contribution < 1.29 is 22.7 Å². The Morgan fingerprint density at radius 3 is 2.07 bits per heavy atom. The lowest BCUT2D eigenvalue weighted by Crippen LogP contribution is -2.50. The van der Waals surface area contributed by atoms with E-state index in [0.29, 0.717) is 11.4 Å². The number of methoxy groups -OCH3 is 1. The maximum Gasteiger partial charge on any atom is 0.243 e. The summed E-state index contributed by atoms with van der Waals surface area (Å²) >= 11 is 0. The fraction of sp³-hybridized carbons (Fsp3) is 0.409. The van der Waals surface area contributed by atoms with Gasteiger partial charge in [0, 0.05) is 0 Å². The average molecular weight is 435 g/mol. The number of rotatable bonds is 9. The van der Waals surface area contributed by atoms with E-state index in [2.05, 4.69) is 5.32 Å². The first kappa shape index (κ1) is 23.5. The molecule has 0 aromatic heterocycles. The van der Waals surface area contributed by atoms with Crippen LogP contribution >= 0.6 is 0 Å². The summed E-state index contributed by atoms with van der Waals surface area (Å²) in [6.07, 6.45) is 1.10. The lowest BCUT2D eigenvalue weighted by molar-refractivity contribution is -0.122. The van der Waals surface area contributed by atoms with Gasteiger partial charge in [-0.3, -0.25) is 9.10 Å². The summed E-state index contributed by atoms with van der Waals surface area (Å²) in [6.45, 7) is 7.40. The van der Waals surface area contributed by atoms with Crippen LogP contribution in [0.25, 0.3) is 0 Å². The van der Waals surface area contributed by atoms with Crippen LogP contribution in [-0.4, -0.2) is 46.4 Å². The van der Waals surface area contributed by atoms with Crippen molar-refractivity contribution in [1.82, 2.24) is 5.32 Å². The predicted molar refractivity (Wildman–Crippen MR) is 119 cm³/mol. The van der Waals surface area contributed by atoms with E-state index in [1.54, 1.807) is 57.4 Å². The highest BCUT2D eigenvalue weighted by Gasteiger charge is 2.30. The van der Waals surface area contributed by atoms with Crippen molar-refractivity contribution in [2.45, 2.75) is 39.8 Å². The molecule has 8 heteroatoms. The molecule has 0 saturated heterocycles. The Balaban J connectivity index is 2.06. The van der Waals surface area contributed by atoms with E-state index >= 15 is 0 Å². The SMILES string of the molecule is COc1ccc(OC[C@@H](C)NC(=O)[C@@H](C)N(c2cc(C)cc(C)c2)S(C)(=O)=O)cc1. The smallest absolute Gasteiger partial charge is 0.243 e. The highest BCUT2D eigenvalue weighted by atomic mass is 32.2. The summed E-state index contributed by atoms with van der Waals surface area (Å²) in [5, 5.41) is 2.83. The molecule has 0 aliphatic rings. The Kier molecular flexibility index (Phi) is 7.72. The van der Waals surface area contributed by atoms with Crippen molar-refractivity contribution in [2.75, 3.05) is 24.3 Å². The quantitative estimate of drug-likeness (QED) is 0.656. The highest BCUT2D eigenvalue weighted by Crippen LogP contribution is 2.24. The first-order valence-corrected chi connectivity index (χ1v) is 11.5. The summed E-state index contributed by atoms with van der Waals surface area (Å²) in [5.41, 5.74) is 2.32. The second-order valence-electron chi connectivity index (χ2n) is 7.48. The zero-order chi connectivity index (χ0) is 22.5. The number of hydrogen-bond acceptors (Lipinski definition) is 5. The van der Waals surface area contributed by atoms with Gasteiger partial charge in [-0.2, -0.15) is 0 Å². The van der Waals surface area contributed by atoms with E-state index in [1.165, 1.54) is 0 Å². The first-order valence-electron chi connectivity index (χ1n) is 9.66. The topological polar surface area (TPSA) is 84.9 Å². The van der Waals surface area contributed by atoms with Gasteiger partial charge in [-0.05, 0) is 75.2 Å². The molecule has 7 nitrogen and oxygen atoms in total. The Morgan fingerprint density at radius 2 is 1.57 bits per heavy atom. The van der Waals surface area contributed by atoms with Crippen LogP contribution < -0.4 is 19.1 Å². The van der Waals surface area contributed by atoms with E-state index in [-0.39, 0.29) is 12.6 Å². The number of aryl methyl sites for hydroxylation is 2. The Labute approximate surface area is 179 Å². The number of sulfonamides is 1. The van der Waals surface area contributed by atoms with Crippen LogP contribution in [0.1, 0.15) is 25.0 Å². The van der Waals surface area contributed by atoms with E-state index in [9.17, 15) is 13.2 Å². The lowest BCUT2D eigenvalue weighted by Gasteiger charge is -2.29. The van der Waals surface area contributed by atoms with E-state index in [1.807, 2.05) is 19.9 Å². The maximum absolute atomic E-state index is 12.8. The first-order chi connectivity index (χ1) is 14.0. The third-order valence-corrected chi connectivity index (χ3v) is 5.74. The molecular formula is C22H30N2O5S. The minimum absolute atomic E-state index is 0.243. The van der Waals surface area contributed by atoms with Gasteiger partial charge in [-0.1, -0.05) is 6.07 Å². The summed E-state index contributed by atoms with van der Waals surface area (Å²) < 4.78 is 36.9. The van der Waals surface area contributed by atoms with Crippen LogP contribution in [0.2, 0.25) is 0 Å². The molecule has 2 aromatic rings. The number of benzene rings is 2. The van der Waals surface area contributed by atoms with E-state index in [0.717, 1.165) is 27.4 Å². The largest absolute Gasteiger partial charge is 0.497 e. The predicted octanol–water partition coefficient (Wildman–Crippen LogP) is 3.05. The molecule has 0 saturated carbocycles. The normalized spacial score (nSPS) is 13.3. The molecular weight excluding hydrogens is 404 g/mol. The molecule has 0 unspecified atom stereocenters. The summed E-state index contributed by atoms with van der Waals surface area (Å²) in [5.74, 6) is 0.980. The lowest BCUT2D eigenvalue weighted by atomic mass is 10.1. The minimum Gasteiger partial charge on any atom is -0.497 e. The number of nitrogens with one attached hydrogen (secondary N) is 1. The highest BCUT2D eigenvalue weighted by molar-refractivity contribution is 7.92. The van der Waals surface area contributed by atoms with Gasteiger partial charge < -0.3 is 14.8 Å². The van der Waals surface area contributed by atoms with Crippen LogP contribution in [0.15, 0.2) is 42.5 Å². The summed E-state index contributed by atoms with van der Waals surface area (Å²) in [6, 6.07) is 11.4. The number of amides is 1. The third kappa shape index (κ3) is 6.38. The van der Waals surface area contributed by atoms with Gasteiger partial charge in [0.25, 0.3) is 0 Å². The fourth-order valence-corrected chi connectivity index (χ4v) is 4.34. The molecule has 30 heavy (non-hydrogen) atoms. The van der Waals surface area contributed by atoms with Crippen molar-refractivity contribution in [2.24, 2.45) is 0 Å². The standard InChI is InChI=1S/C22H30N2O5S/c1-15-11-16(2)13-19(12-15)24(30(6,26)27)18(4)22(25)23-17(3)14-29-21-9-7-20(28-5)8-10-21/h7-13,17-18H,14H2,1-6H3,(H,23,25)/t17-,18-/m1/s1. The maximum atomic E-state index is 12.8. The van der Waals surface area contributed by atoms with Gasteiger partial charge in [-0.15, -0.1) is 0 Å². The van der Waals surface area contributed by atoms with E-state index < -0.39 is 22.0 Å². The third-order valence-electron chi connectivity index (χ3n) is 4.50. The molecule has 0 radical (unpaired) electrons. The number of nitrogens with zero attached hydrogens (tertiary/aromatic N) is 1. The van der Waals surface area contributed by atoms with Gasteiger partial charge in [0.15, 0.2) is 0 Å². The fourth-order valence-electron chi connectivity index (χ4n) is 3.18. The number of ether oxygens (including phenoxy) is 2. The zero-order valence-corrected chi connectivity index (χ0v) is 19.1. The molecule has 2 atom stereocenters. The molecule has 0 heterocycles. The number of carbonyl (C=O) groups excluding carboxylic acids is 1. The molecule has 0 bridgehead atoms. The van der Waals surface area contributed by atoms with Gasteiger partial charge >= 0.3 is 0 Å². The molecule has 1 amide bonds. The van der Waals surface area contributed by atoms with Crippen molar-refractivity contribution in [3.05, 3.63) is 53.6 Å². The molecule has 164 valence electrons.